The summed E-state index contributed by atoms with van der Waals surface area (Å²) in [5.74, 6) is -2.80. The van der Waals surface area contributed by atoms with Gasteiger partial charge in [0, 0.05) is 31.2 Å². The van der Waals surface area contributed by atoms with E-state index in [9.17, 15) is 22.8 Å². The number of unbranched alkanes of at least 4 members (excludes halogenated alkanes) is 1. The minimum absolute atomic E-state index is 0.108. The van der Waals surface area contributed by atoms with Crippen LogP contribution in [0.1, 0.15) is 44.9 Å². The number of aliphatic carboxylic acids is 1. The first kappa shape index (κ1) is 23.7. The lowest BCUT2D eigenvalue weighted by Crippen LogP contribution is -2.47. The molecule has 2 atom stereocenters. The largest absolute Gasteiger partial charge is 0.481 e. The predicted molar refractivity (Wildman–Crippen MR) is 101 cm³/mol. The van der Waals surface area contributed by atoms with Crippen molar-refractivity contribution >= 4 is 39.8 Å². The Hall–Kier alpha value is -1.37. The third-order valence-corrected chi connectivity index (χ3v) is 5.85. The molecule has 2 amide bonds. The highest BCUT2D eigenvalue weighted by molar-refractivity contribution is 7.98. The van der Waals surface area contributed by atoms with Crippen molar-refractivity contribution in [1.29, 1.82) is 0 Å². The van der Waals surface area contributed by atoms with Crippen molar-refractivity contribution in [2.75, 3.05) is 18.8 Å². The fourth-order valence-corrected chi connectivity index (χ4v) is 3.90. The first-order valence-corrected chi connectivity index (χ1v) is 11.3. The Morgan fingerprint density at radius 3 is 2.56 bits per heavy atom. The zero-order valence-corrected chi connectivity index (χ0v) is 16.6. The van der Waals surface area contributed by atoms with E-state index < -0.39 is 33.8 Å². The standard InChI is InChI=1S/C15H27N3O7S2/c19-13(4-2-1-3-11-7-8-17-26-11)18-12(5-6-14(20)21)15(22)16-9-10-27(23,24)25/h11-12,17H,1-10H2,(H,16,22)(H,18,19)(H,20,21)(H,23,24,25). The highest BCUT2D eigenvalue weighted by atomic mass is 32.2. The van der Waals surface area contributed by atoms with Crippen molar-refractivity contribution in [3.8, 4) is 0 Å². The number of carbonyl (C=O) groups is 3. The second-order valence-corrected chi connectivity index (χ2v) is 9.06. The Morgan fingerprint density at radius 1 is 1.22 bits per heavy atom. The van der Waals surface area contributed by atoms with Gasteiger partial charge in [-0.25, -0.2) is 0 Å². The second kappa shape index (κ2) is 12.2. The first-order valence-electron chi connectivity index (χ1n) is 8.80. The summed E-state index contributed by atoms with van der Waals surface area (Å²) in [5, 5.41) is 14.1. The smallest absolute Gasteiger partial charge is 0.303 e. The Labute approximate surface area is 163 Å². The average molecular weight is 426 g/mol. The minimum Gasteiger partial charge on any atom is -0.481 e. The molecule has 10 nitrogen and oxygen atoms in total. The monoisotopic (exact) mass is 425 g/mol. The number of carbonyl (C=O) groups excluding carboxylic acids is 2. The zero-order valence-electron chi connectivity index (χ0n) is 15.0. The van der Waals surface area contributed by atoms with Crippen LogP contribution in [0.4, 0.5) is 0 Å². The lowest BCUT2D eigenvalue weighted by Gasteiger charge is -2.18. The van der Waals surface area contributed by atoms with Gasteiger partial charge in [-0.3, -0.25) is 23.7 Å². The fourth-order valence-electron chi connectivity index (χ4n) is 2.55. The fraction of sp³-hybridized carbons (Fsp3) is 0.800. The molecule has 156 valence electrons. The van der Waals surface area contributed by atoms with E-state index in [0.717, 1.165) is 25.8 Å². The van der Waals surface area contributed by atoms with Crippen LogP contribution in [0.15, 0.2) is 0 Å². The average Bonchev–Trinajstić information content (AvgIpc) is 3.07. The third kappa shape index (κ3) is 11.8. The van der Waals surface area contributed by atoms with Crippen LogP contribution in [0.25, 0.3) is 0 Å². The molecule has 1 fully saturated rings. The van der Waals surface area contributed by atoms with Crippen molar-refractivity contribution in [3.63, 3.8) is 0 Å². The molecule has 0 aliphatic carbocycles. The topological polar surface area (TPSA) is 162 Å². The van der Waals surface area contributed by atoms with Crippen molar-refractivity contribution in [2.45, 2.75) is 56.2 Å². The van der Waals surface area contributed by atoms with Crippen LogP contribution in [0.3, 0.4) is 0 Å². The molecule has 1 aliphatic heterocycles. The summed E-state index contributed by atoms with van der Waals surface area (Å²) in [6, 6.07) is -1.07. The van der Waals surface area contributed by atoms with E-state index in [2.05, 4.69) is 15.4 Å². The van der Waals surface area contributed by atoms with Crippen molar-refractivity contribution in [1.82, 2.24) is 15.4 Å². The van der Waals surface area contributed by atoms with E-state index in [1.165, 1.54) is 0 Å². The number of nitrogens with one attached hydrogen (secondary N) is 3. The maximum Gasteiger partial charge on any atom is 0.303 e. The molecule has 1 aliphatic rings. The van der Waals surface area contributed by atoms with Gasteiger partial charge in [-0.15, -0.1) is 0 Å². The van der Waals surface area contributed by atoms with Crippen LogP contribution in [-0.2, 0) is 24.5 Å². The second-order valence-electron chi connectivity index (χ2n) is 6.30. The van der Waals surface area contributed by atoms with Gasteiger partial charge in [-0.1, -0.05) is 18.4 Å². The Bertz CT molecular complexity index is 607. The number of hydrogen-bond acceptors (Lipinski definition) is 7. The van der Waals surface area contributed by atoms with Crippen LogP contribution < -0.4 is 15.4 Å². The summed E-state index contributed by atoms with van der Waals surface area (Å²) in [6.07, 6.45) is 3.46. The van der Waals surface area contributed by atoms with Gasteiger partial charge in [-0.05, 0) is 25.7 Å². The summed E-state index contributed by atoms with van der Waals surface area (Å²) in [7, 11) is -4.22. The Balaban J connectivity index is 2.38. The number of carboxylic acids is 1. The summed E-state index contributed by atoms with van der Waals surface area (Å²) in [6.45, 7) is 0.665. The molecule has 0 aromatic rings. The Morgan fingerprint density at radius 2 is 1.96 bits per heavy atom. The highest BCUT2D eigenvalue weighted by Gasteiger charge is 2.22. The maximum absolute atomic E-state index is 12.1. The first-order chi connectivity index (χ1) is 12.7. The molecule has 1 rings (SSSR count). The van der Waals surface area contributed by atoms with Gasteiger partial charge in [0.1, 0.15) is 6.04 Å². The summed E-state index contributed by atoms with van der Waals surface area (Å²) >= 11 is 1.71. The molecular formula is C15H27N3O7S2. The summed E-state index contributed by atoms with van der Waals surface area (Å²) < 4.78 is 33.2. The van der Waals surface area contributed by atoms with Gasteiger partial charge < -0.3 is 15.7 Å². The van der Waals surface area contributed by atoms with E-state index in [4.69, 9.17) is 9.66 Å². The quantitative estimate of drug-likeness (QED) is 0.154. The van der Waals surface area contributed by atoms with E-state index in [1.54, 1.807) is 11.9 Å². The summed E-state index contributed by atoms with van der Waals surface area (Å²) in [4.78, 5) is 34.8. The molecule has 0 aromatic carbocycles. The molecule has 0 bridgehead atoms. The van der Waals surface area contributed by atoms with Gasteiger partial charge in [0.2, 0.25) is 11.8 Å². The van der Waals surface area contributed by atoms with Crippen LogP contribution in [0.2, 0.25) is 0 Å². The van der Waals surface area contributed by atoms with Gasteiger partial charge >= 0.3 is 5.97 Å². The molecule has 5 N–H and O–H groups in total. The Kier molecular flexibility index (Phi) is 10.7. The van der Waals surface area contributed by atoms with Crippen LogP contribution in [0, 0.1) is 0 Å². The number of hydrogen-bond donors (Lipinski definition) is 5. The molecular weight excluding hydrogens is 398 g/mol. The van der Waals surface area contributed by atoms with Crippen LogP contribution in [0.5, 0.6) is 0 Å². The van der Waals surface area contributed by atoms with E-state index in [-0.39, 0.29) is 31.7 Å². The van der Waals surface area contributed by atoms with Gasteiger partial charge in [0.15, 0.2) is 0 Å². The number of carboxylic acid groups (broad SMARTS) is 1. The molecule has 0 spiro atoms. The predicted octanol–water partition coefficient (Wildman–Crippen LogP) is -0.0895. The SMILES string of the molecule is O=C(O)CCC(NC(=O)CCCCC1CCNS1)C(=O)NCCS(=O)(=O)O. The normalized spacial score (nSPS) is 18.0. The molecule has 0 saturated carbocycles. The van der Waals surface area contributed by atoms with Crippen LogP contribution >= 0.6 is 11.9 Å². The number of amides is 2. The summed E-state index contributed by atoms with van der Waals surface area (Å²) in [5.41, 5.74) is 0. The molecule has 1 heterocycles. The highest BCUT2D eigenvalue weighted by Crippen LogP contribution is 2.23. The molecule has 12 heteroatoms. The van der Waals surface area contributed by atoms with E-state index in [0.29, 0.717) is 11.7 Å². The van der Waals surface area contributed by atoms with Gasteiger partial charge in [0.25, 0.3) is 10.1 Å². The molecule has 2 unspecified atom stereocenters. The maximum atomic E-state index is 12.1. The van der Waals surface area contributed by atoms with Crippen molar-refractivity contribution < 1.29 is 32.5 Å². The van der Waals surface area contributed by atoms with Gasteiger partial charge in [0.05, 0.1) is 5.75 Å². The van der Waals surface area contributed by atoms with E-state index >= 15 is 0 Å². The molecule has 1 saturated heterocycles. The van der Waals surface area contributed by atoms with Crippen molar-refractivity contribution in [3.05, 3.63) is 0 Å². The van der Waals surface area contributed by atoms with Crippen molar-refractivity contribution in [2.24, 2.45) is 0 Å². The number of rotatable bonds is 13. The molecule has 0 radical (unpaired) electrons. The molecule has 0 aromatic heterocycles. The van der Waals surface area contributed by atoms with E-state index in [1.807, 2.05) is 0 Å². The lowest BCUT2D eigenvalue weighted by molar-refractivity contribution is -0.138. The minimum atomic E-state index is -4.22. The van der Waals surface area contributed by atoms with Gasteiger partial charge in [-0.2, -0.15) is 8.42 Å². The zero-order chi connectivity index (χ0) is 20.3. The lowest BCUT2D eigenvalue weighted by atomic mass is 10.1. The van der Waals surface area contributed by atoms with Crippen LogP contribution in [-0.4, -0.2) is 66.0 Å². The third-order valence-electron chi connectivity index (χ3n) is 3.96. The molecule has 27 heavy (non-hydrogen) atoms.